The summed E-state index contributed by atoms with van der Waals surface area (Å²) in [7, 11) is 1.56. The van der Waals surface area contributed by atoms with Crippen LogP contribution >= 0.6 is 0 Å². The van der Waals surface area contributed by atoms with Crippen molar-refractivity contribution in [3.05, 3.63) is 23.9 Å². The van der Waals surface area contributed by atoms with Crippen LogP contribution in [0.3, 0.4) is 0 Å². The van der Waals surface area contributed by atoms with Crippen LogP contribution in [0.2, 0.25) is 0 Å². The van der Waals surface area contributed by atoms with Gasteiger partial charge in [-0.05, 0) is 75.8 Å². The van der Waals surface area contributed by atoms with Gasteiger partial charge < -0.3 is 24.4 Å². The molecule has 0 radical (unpaired) electrons. The summed E-state index contributed by atoms with van der Waals surface area (Å²) in [5.41, 5.74) is 0.409. The van der Waals surface area contributed by atoms with Crippen LogP contribution in [-0.4, -0.2) is 76.3 Å². The Labute approximate surface area is 258 Å². The molecule has 0 unspecified atom stereocenters. The van der Waals surface area contributed by atoms with Crippen LogP contribution in [0, 0.1) is 11.3 Å². The Morgan fingerprint density at radius 2 is 1.86 bits per heavy atom. The molecule has 1 aliphatic carbocycles. The molecule has 11 heteroatoms. The lowest BCUT2D eigenvalue weighted by atomic mass is 9.85. The molecule has 240 valence electrons. The Hall–Kier alpha value is -3.50. The number of methoxy groups -OCH3 is 1. The summed E-state index contributed by atoms with van der Waals surface area (Å²) in [6.45, 7) is 8.49. The first-order valence-corrected chi connectivity index (χ1v) is 15.8. The molecule has 2 bridgehead atoms. The maximum absolute atomic E-state index is 16.1. The van der Waals surface area contributed by atoms with Crippen molar-refractivity contribution in [2.75, 3.05) is 13.7 Å². The first kappa shape index (κ1) is 31.9. The zero-order chi connectivity index (χ0) is 31.8. The fourth-order valence-electron chi connectivity index (χ4n) is 6.96. The third kappa shape index (κ3) is 6.47. The number of alkyl carbamates (subject to hydrolysis) is 1. The fourth-order valence-corrected chi connectivity index (χ4v) is 6.96. The van der Waals surface area contributed by atoms with Gasteiger partial charge in [-0.25, -0.2) is 19.2 Å². The molecule has 1 aromatic carbocycles. The molecule has 5 rings (SSSR count). The highest BCUT2D eigenvalue weighted by Gasteiger charge is 2.52. The number of amides is 2. The van der Waals surface area contributed by atoms with Gasteiger partial charge in [-0.15, -0.1) is 0 Å². The van der Waals surface area contributed by atoms with Crippen molar-refractivity contribution in [1.82, 2.24) is 20.2 Å². The third-order valence-corrected chi connectivity index (χ3v) is 9.50. The van der Waals surface area contributed by atoms with E-state index in [1.807, 2.05) is 39.8 Å². The van der Waals surface area contributed by atoms with E-state index in [2.05, 4.69) is 5.32 Å². The number of aromatic nitrogens is 2. The molecule has 0 spiro atoms. The molecule has 1 aromatic heterocycles. The Morgan fingerprint density at radius 3 is 2.57 bits per heavy atom. The lowest BCUT2D eigenvalue weighted by molar-refractivity contribution is -0.141. The minimum absolute atomic E-state index is 0.188. The highest BCUT2D eigenvalue weighted by molar-refractivity contribution is 5.93. The highest BCUT2D eigenvalue weighted by Crippen LogP contribution is 2.42. The maximum Gasteiger partial charge on any atom is 0.408 e. The standard InChI is InChI=1S/C33H45FN4O6/c1-19(39)27-26(34)25-18-38(27)30(40)28(32(2,3)4)37-31(41)44-33(5)16-10-12-20(33)11-8-7-9-13-23-29(43-25)36-24-17-21(42-6)14-15-22(24)35-23/h14-15,17,20,25-28H,7-13,16,18H2,1-6H3,(H,37,41)/t20-,25+,26-,27-,28-,33-/m1/s1. The molecule has 3 heterocycles. The zero-order valence-electron chi connectivity index (χ0n) is 26.7. The van der Waals surface area contributed by atoms with E-state index in [1.165, 1.54) is 11.8 Å². The molecule has 2 aromatic rings. The lowest BCUT2D eigenvalue weighted by Crippen LogP contribution is -2.58. The molecule has 2 fully saturated rings. The summed E-state index contributed by atoms with van der Waals surface area (Å²) in [4.78, 5) is 50.9. The number of fused-ring (bicyclic) bond motifs is 5. The number of benzene rings is 1. The Balaban J connectivity index is 1.54. The minimum atomic E-state index is -1.81. The van der Waals surface area contributed by atoms with Gasteiger partial charge in [0.2, 0.25) is 11.8 Å². The van der Waals surface area contributed by atoms with Crippen LogP contribution < -0.4 is 14.8 Å². The second kappa shape index (κ2) is 12.5. The number of alkyl halides is 1. The summed E-state index contributed by atoms with van der Waals surface area (Å²) in [5, 5.41) is 2.79. The molecule has 2 aliphatic heterocycles. The number of carbonyl (C=O) groups is 3. The largest absolute Gasteiger partial charge is 0.497 e. The number of hydrogen-bond donors (Lipinski definition) is 1. The topological polar surface area (TPSA) is 120 Å². The number of ether oxygens (including phenoxy) is 3. The Bertz CT molecular complexity index is 1410. The Morgan fingerprint density at radius 1 is 1.11 bits per heavy atom. The molecule has 1 saturated carbocycles. The minimum Gasteiger partial charge on any atom is -0.497 e. The van der Waals surface area contributed by atoms with E-state index in [9.17, 15) is 14.4 Å². The van der Waals surface area contributed by atoms with Crippen molar-refractivity contribution in [3.63, 3.8) is 0 Å². The average Bonchev–Trinajstić information content (AvgIpc) is 3.48. The van der Waals surface area contributed by atoms with Crippen molar-refractivity contribution in [1.29, 1.82) is 0 Å². The molecule has 6 atom stereocenters. The molecular formula is C33H45FN4O6. The van der Waals surface area contributed by atoms with Crippen LogP contribution in [-0.2, 0) is 20.7 Å². The predicted octanol–water partition coefficient (Wildman–Crippen LogP) is 5.34. The van der Waals surface area contributed by atoms with Crippen molar-refractivity contribution < 1.29 is 33.0 Å². The van der Waals surface area contributed by atoms with E-state index in [1.54, 1.807) is 13.2 Å². The Kier molecular flexibility index (Phi) is 9.05. The number of carbonyl (C=O) groups excluding carboxylic acids is 3. The first-order valence-electron chi connectivity index (χ1n) is 15.8. The highest BCUT2D eigenvalue weighted by atomic mass is 19.1. The number of aryl methyl sites for hydroxylation is 1. The van der Waals surface area contributed by atoms with E-state index in [0.717, 1.165) is 44.9 Å². The summed E-state index contributed by atoms with van der Waals surface area (Å²) >= 11 is 0. The normalized spacial score (nSPS) is 30.3. The van der Waals surface area contributed by atoms with Crippen LogP contribution in [0.15, 0.2) is 18.2 Å². The van der Waals surface area contributed by atoms with Gasteiger partial charge in [0.25, 0.3) is 0 Å². The molecule has 1 saturated heterocycles. The van der Waals surface area contributed by atoms with Crippen molar-refractivity contribution >= 4 is 28.8 Å². The van der Waals surface area contributed by atoms with Gasteiger partial charge >= 0.3 is 6.09 Å². The van der Waals surface area contributed by atoms with Gasteiger partial charge in [0.05, 0.1) is 24.7 Å². The van der Waals surface area contributed by atoms with Gasteiger partial charge in [0, 0.05) is 6.07 Å². The second-order valence-electron chi connectivity index (χ2n) is 13.8. The molecule has 44 heavy (non-hydrogen) atoms. The number of halogens is 1. The SMILES string of the molecule is COc1ccc2nc3c(nc2c1)O[C@H]1CN(C(=O)[C@H](C(C)(C)C)NC(=O)O[C@]2(C)CCC[C@H]2CCCCC3)[C@H](C(C)=O)[C@@H]1F. The number of hydrogen-bond acceptors (Lipinski definition) is 8. The van der Waals surface area contributed by atoms with Crippen LogP contribution in [0.5, 0.6) is 11.6 Å². The van der Waals surface area contributed by atoms with Crippen molar-refractivity contribution in [2.45, 2.75) is 116 Å². The number of rotatable bonds is 2. The molecular weight excluding hydrogens is 567 g/mol. The summed E-state index contributed by atoms with van der Waals surface area (Å²) < 4.78 is 33.7. The van der Waals surface area contributed by atoms with Crippen LogP contribution in [0.25, 0.3) is 11.0 Å². The van der Waals surface area contributed by atoms with Gasteiger partial charge in [-0.2, -0.15) is 0 Å². The van der Waals surface area contributed by atoms with E-state index >= 15 is 4.39 Å². The van der Waals surface area contributed by atoms with E-state index < -0.39 is 53.2 Å². The first-order chi connectivity index (χ1) is 20.8. The quantitative estimate of drug-likeness (QED) is 0.483. The lowest BCUT2D eigenvalue weighted by Gasteiger charge is -2.37. The molecule has 3 aliphatic rings. The fraction of sp³-hybridized carbons (Fsp3) is 0.667. The van der Waals surface area contributed by atoms with Crippen LogP contribution in [0.4, 0.5) is 9.18 Å². The average molecular weight is 613 g/mol. The van der Waals surface area contributed by atoms with Gasteiger partial charge in [-0.3, -0.25) is 9.59 Å². The summed E-state index contributed by atoms with van der Waals surface area (Å²) in [6, 6.07) is 2.95. The number of ketones is 1. The van der Waals surface area contributed by atoms with E-state index in [-0.39, 0.29) is 18.3 Å². The number of Topliss-reactive ketones (excluding diaryl/α,β-unsaturated/α-hetero) is 1. The van der Waals surface area contributed by atoms with Crippen molar-refractivity contribution in [3.8, 4) is 11.6 Å². The third-order valence-electron chi connectivity index (χ3n) is 9.50. The smallest absolute Gasteiger partial charge is 0.408 e. The maximum atomic E-state index is 16.1. The second-order valence-corrected chi connectivity index (χ2v) is 13.8. The summed E-state index contributed by atoms with van der Waals surface area (Å²) in [6.07, 6.45) is 3.21. The molecule has 10 nitrogen and oxygen atoms in total. The van der Waals surface area contributed by atoms with E-state index in [4.69, 9.17) is 24.2 Å². The van der Waals surface area contributed by atoms with E-state index in [0.29, 0.717) is 28.9 Å². The zero-order valence-corrected chi connectivity index (χ0v) is 26.7. The molecule has 2 amide bonds. The monoisotopic (exact) mass is 612 g/mol. The summed E-state index contributed by atoms with van der Waals surface area (Å²) in [5.74, 6) is -0.0727. The van der Waals surface area contributed by atoms with Gasteiger partial charge in [0.15, 0.2) is 18.1 Å². The van der Waals surface area contributed by atoms with Crippen molar-refractivity contribution in [2.24, 2.45) is 11.3 Å². The number of nitrogens with one attached hydrogen (secondary N) is 1. The van der Waals surface area contributed by atoms with Gasteiger partial charge in [0.1, 0.15) is 29.1 Å². The number of nitrogens with zero attached hydrogens (tertiary/aromatic N) is 3. The van der Waals surface area contributed by atoms with Gasteiger partial charge in [-0.1, -0.05) is 33.6 Å². The predicted molar refractivity (Wildman–Crippen MR) is 162 cm³/mol. The van der Waals surface area contributed by atoms with Crippen LogP contribution in [0.1, 0.15) is 85.3 Å². The molecule has 1 N–H and O–H groups in total.